The topological polar surface area (TPSA) is 52.4 Å². The van der Waals surface area contributed by atoms with E-state index >= 15 is 0 Å². The molecule has 29 heavy (non-hydrogen) atoms. The number of hydrogen-bond acceptors (Lipinski definition) is 5. The summed E-state index contributed by atoms with van der Waals surface area (Å²) in [6.45, 7) is 4.05. The van der Waals surface area contributed by atoms with E-state index in [0.29, 0.717) is 24.7 Å². The zero-order valence-electron chi connectivity index (χ0n) is 16.4. The molecule has 0 bridgehead atoms. The molecule has 0 saturated carbocycles. The highest BCUT2D eigenvalue weighted by Crippen LogP contribution is 2.35. The van der Waals surface area contributed by atoms with Crippen molar-refractivity contribution in [3.63, 3.8) is 0 Å². The van der Waals surface area contributed by atoms with Crippen molar-refractivity contribution < 1.29 is 17.9 Å². The minimum atomic E-state index is -4.56. The van der Waals surface area contributed by atoms with Gasteiger partial charge in [-0.2, -0.15) is 18.4 Å². The summed E-state index contributed by atoms with van der Waals surface area (Å²) >= 11 is 0. The van der Waals surface area contributed by atoms with Crippen molar-refractivity contribution in [3.8, 4) is 11.9 Å². The van der Waals surface area contributed by atoms with Crippen molar-refractivity contribution in [3.05, 3.63) is 47.7 Å². The van der Waals surface area contributed by atoms with Crippen molar-refractivity contribution in [2.24, 2.45) is 0 Å². The maximum atomic E-state index is 13.4. The van der Waals surface area contributed by atoms with Crippen LogP contribution in [0.4, 0.5) is 24.5 Å². The Morgan fingerprint density at radius 1 is 1.31 bits per heavy atom. The van der Waals surface area contributed by atoms with Crippen LogP contribution >= 0.6 is 0 Å². The number of anilines is 2. The van der Waals surface area contributed by atoms with Crippen LogP contribution in [-0.4, -0.2) is 37.8 Å². The molecule has 1 aliphatic heterocycles. The lowest BCUT2D eigenvalue weighted by molar-refractivity contribution is -0.137. The number of nitriles is 1. The third-order valence-corrected chi connectivity index (χ3v) is 5.23. The molecular formula is C21H23F3N4O. The number of nitrogens with zero attached hydrogens (tertiary/aromatic N) is 4. The van der Waals surface area contributed by atoms with E-state index in [9.17, 15) is 13.2 Å². The first-order valence-electron chi connectivity index (χ1n) is 9.50. The third kappa shape index (κ3) is 4.56. The fraction of sp³-hybridized carbons (Fsp3) is 0.429. The van der Waals surface area contributed by atoms with Crippen LogP contribution in [-0.2, 0) is 6.18 Å². The molecule has 0 N–H and O–H groups in total. The number of pyridine rings is 1. The van der Waals surface area contributed by atoms with Crippen molar-refractivity contribution in [2.45, 2.75) is 32.0 Å². The molecule has 0 radical (unpaired) electrons. The largest absolute Gasteiger partial charge is 0.481 e. The van der Waals surface area contributed by atoms with Gasteiger partial charge in [-0.1, -0.05) is 0 Å². The summed E-state index contributed by atoms with van der Waals surface area (Å²) in [5.41, 5.74) is 0.204. The summed E-state index contributed by atoms with van der Waals surface area (Å²) in [6, 6.07) is 9.39. The van der Waals surface area contributed by atoms with E-state index in [4.69, 9.17) is 10.00 Å². The van der Waals surface area contributed by atoms with E-state index in [1.807, 2.05) is 17.9 Å². The van der Waals surface area contributed by atoms with Crippen LogP contribution in [0.1, 0.15) is 30.9 Å². The number of ether oxygens (including phenoxy) is 1. The van der Waals surface area contributed by atoms with E-state index in [0.717, 1.165) is 31.1 Å². The van der Waals surface area contributed by atoms with Crippen molar-refractivity contribution in [1.82, 2.24) is 4.98 Å². The molecule has 0 amide bonds. The highest BCUT2D eigenvalue weighted by Gasteiger charge is 2.35. The molecule has 1 saturated heterocycles. The lowest BCUT2D eigenvalue weighted by atomic mass is 10.0. The quantitative estimate of drug-likeness (QED) is 0.736. The maximum absolute atomic E-state index is 13.4. The molecular weight excluding hydrogens is 381 g/mol. The maximum Gasteiger partial charge on any atom is 0.417 e. The number of benzene rings is 1. The van der Waals surface area contributed by atoms with Crippen LogP contribution in [0.5, 0.6) is 5.88 Å². The van der Waals surface area contributed by atoms with Crippen LogP contribution in [0.3, 0.4) is 0 Å². The van der Waals surface area contributed by atoms with E-state index < -0.39 is 11.7 Å². The Balaban J connectivity index is 1.85. The SMILES string of the molecule is CCN(c1ccc(C#N)c(C(F)(F)F)c1)[C@H]1CCCN(c2ccc(OC)nc2)C1. The average Bonchev–Trinajstić information content (AvgIpc) is 2.74. The van der Waals surface area contributed by atoms with Crippen molar-refractivity contribution >= 4 is 11.4 Å². The lowest BCUT2D eigenvalue weighted by Crippen LogP contribution is -2.48. The first-order chi connectivity index (χ1) is 13.9. The number of likely N-dealkylation sites (N-methyl/N-ethyl adjacent to an activating group) is 1. The summed E-state index contributed by atoms with van der Waals surface area (Å²) in [5.74, 6) is 0.537. The molecule has 2 heterocycles. The summed E-state index contributed by atoms with van der Waals surface area (Å²) < 4.78 is 45.2. The van der Waals surface area contributed by atoms with Crippen molar-refractivity contribution in [2.75, 3.05) is 36.5 Å². The molecule has 1 aliphatic rings. The number of halogens is 3. The number of methoxy groups -OCH3 is 1. The molecule has 154 valence electrons. The van der Waals surface area contributed by atoms with Gasteiger partial charge in [-0.25, -0.2) is 4.98 Å². The highest BCUT2D eigenvalue weighted by molar-refractivity contribution is 5.56. The Morgan fingerprint density at radius 3 is 2.69 bits per heavy atom. The van der Waals surface area contributed by atoms with Gasteiger partial charge in [0.05, 0.1) is 36.2 Å². The predicted molar refractivity (Wildman–Crippen MR) is 105 cm³/mol. The van der Waals surface area contributed by atoms with Gasteiger partial charge in [0.25, 0.3) is 0 Å². The second-order valence-corrected chi connectivity index (χ2v) is 6.93. The first-order valence-corrected chi connectivity index (χ1v) is 9.50. The molecule has 1 aromatic heterocycles. The van der Waals surface area contributed by atoms with Gasteiger partial charge in [0.2, 0.25) is 5.88 Å². The highest BCUT2D eigenvalue weighted by atomic mass is 19.4. The van der Waals surface area contributed by atoms with Gasteiger partial charge in [-0.3, -0.25) is 0 Å². The van der Waals surface area contributed by atoms with Gasteiger partial charge in [-0.05, 0) is 44.0 Å². The predicted octanol–water partition coefficient (Wildman–Crippen LogP) is 4.48. The smallest absolute Gasteiger partial charge is 0.417 e. The normalized spacial score (nSPS) is 17.0. The zero-order chi connectivity index (χ0) is 21.0. The fourth-order valence-corrected chi connectivity index (χ4v) is 3.82. The average molecular weight is 404 g/mol. The molecule has 8 heteroatoms. The minimum absolute atomic E-state index is 0.0601. The Morgan fingerprint density at radius 2 is 2.10 bits per heavy atom. The molecule has 1 atom stereocenters. The van der Waals surface area contributed by atoms with Crippen LogP contribution < -0.4 is 14.5 Å². The molecule has 2 aromatic rings. The number of hydrogen-bond donors (Lipinski definition) is 0. The number of alkyl halides is 3. The molecule has 0 unspecified atom stereocenters. The Hall–Kier alpha value is -2.95. The standard InChI is InChI=1S/C21H23F3N4O/c1-3-28(16-7-6-15(12-25)19(11-16)21(22,23)24)18-5-4-10-27(14-18)17-8-9-20(29-2)26-13-17/h6-9,11,13,18H,3-5,10,14H2,1-2H3/t18-/m0/s1. The monoisotopic (exact) mass is 404 g/mol. The molecule has 1 aromatic carbocycles. The van der Waals surface area contributed by atoms with Gasteiger partial charge in [0.15, 0.2) is 0 Å². The van der Waals surface area contributed by atoms with E-state index in [1.54, 1.807) is 31.5 Å². The summed E-state index contributed by atoms with van der Waals surface area (Å²) in [4.78, 5) is 8.42. The van der Waals surface area contributed by atoms with Gasteiger partial charge in [-0.15, -0.1) is 0 Å². The van der Waals surface area contributed by atoms with E-state index in [-0.39, 0.29) is 11.6 Å². The van der Waals surface area contributed by atoms with Gasteiger partial charge >= 0.3 is 6.18 Å². The van der Waals surface area contributed by atoms with Gasteiger partial charge in [0.1, 0.15) is 0 Å². The number of aromatic nitrogens is 1. The zero-order valence-corrected chi connectivity index (χ0v) is 16.4. The molecule has 3 rings (SSSR count). The van der Waals surface area contributed by atoms with Crippen LogP contribution in [0, 0.1) is 11.3 Å². The van der Waals surface area contributed by atoms with E-state index in [2.05, 4.69) is 9.88 Å². The number of rotatable bonds is 5. The van der Waals surface area contributed by atoms with Crippen LogP contribution in [0.25, 0.3) is 0 Å². The summed E-state index contributed by atoms with van der Waals surface area (Å²) in [5, 5.41) is 9.03. The van der Waals surface area contributed by atoms with E-state index in [1.165, 1.54) is 6.07 Å². The third-order valence-electron chi connectivity index (χ3n) is 5.23. The molecule has 0 spiro atoms. The minimum Gasteiger partial charge on any atom is -0.481 e. The summed E-state index contributed by atoms with van der Waals surface area (Å²) in [6.07, 6.45) is -1.00. The van der Waals surface area contributed by atoms with Crippen LogP contribution in [0.15, 0.2) is 36.5 Å². The number of piperidine rings is 1. The molecule has 5 nitrogen and oxygen atoms in total. The second kappa shape index (κ2) is 8.60. The van der Waals surface area contributed by atoms with Crippen LogP contribution in [0.2, 0.25) is 0 Å². The van der Waals surface area contributed by atoms with Gasteiger partial charge < -0.3 is 14.5 Å². The van der Waals surface area contributed by atoms with Crippen molar-refractivity contribution in [1.29, 1.82) is 5.26 Å². The Kier molecular flexibility index (Phi) is 6.16. The first kappa shape index (κ1) is 20.8. The second-order valence-electron chi connectivity index (χ2n) is 6.93. The Labute approximate surface area is 168 Å². The lowest BCUT2D eigenvalue weighted by Gasteiger charge is -2.41. The fourth-order valence-electron chi connectivity index (χ4n) is 3.82. The summed E-state index contributed by atoms with van der Waals surface area (Å²) in [7, 11) is 1.56. The van der Waals surface area contributed by atoms with Gasteiger partial charge in [0, 0.05) is 37.4 Å². The molecule has 0 aliphatic carbocycles. The Bertz CT molecular complexity index is 877. The molecule has 1 fully saturated rings.